The maximum Gasteiger partial charge on any atom is 0.271 e. The third kappa shape index (κ3) is 4.56. The molecule has 0 radical (unpaired) electrons. The zero-order valence-electron chi connectivity index (χ0n) is 15.3. The van der Waals surface area contributed by atoms with Crippen LogP contribution in [0.15, 0.2) is 30.6 Å². The molecule has 0 aliphatic carbocycles. The van der Waals surface area contributed by atoms with E-state index < -0.39 is 0 Å². The maximum atomic E-state index is 12.5. The predicted octanol–water partition coefficient (Wildman–Crippen LogP) is 1.42. The van der Waals surface area contributed by atoms with Gasteiger partial charge in [-0.25, -0.2) is 0 Å². The summed E-state index contributed by atoms with van der Waals surface area (Å²) < 4.78 is 1.92. The van der Waals surface area contributed by atoms with Gasteiger partial charge in [0.05, 0.1) is 6.04 Å². The van der Waals surface area contributed by atoms with Crippen LogP contribution in [0.5, 0.6) is 0 Å². The van der Waals surface area contributed by atoms with Crippen molar-refractivity contribution in [3.63, 3.8) is 0 Å². The number of aromatic nitrogens is 4. The molecule has 0 saturated carbocycles. The summed E-state index contributed by atoms with van der Waals surface area (Å²) in [7, 11) is 0. The monoisotopic (exact) mass is 391 g/mol. The first kappa shape index (κ1) is 19.6. The Hall–Kier alpha value is -2.19. The van der Waals surface area contributed by atoms with E-state index in [2.05, 4.69) is 30.8 Å². The largest absolute Gasteiger partial charge is 0.350 e. The molecule has 0 spiro atoms. The number of carbonyl (C=O) groups is 1. The zero-order valence-corrected chi connectivity index (χ0v) is 16.1. The molecule has 2 aliphatic rings. The van der Waals surface area contributed by atoms with Crippen molar-refractivity contribution < 1.29 is 4.79 Å². The highest BCUT2D eigenvalue weighted by molar-refractivity contribution is 5.92. The molecule has 2 atom stereocenters. The molecule has 1 amide bonds. The minimum atomic E-state index is -0.112. The van der Waals surface area contributed by atoms with Crippen molar-refractivity contribution in [2.24, 2.45) is 0 Å². The summed E-state index contributed by atoms with van der Waals surface area (Å²) in [6, 6.07) is 6.25. The molecule has 2 aliphatic heterocycles. The van der Waals surface area contributed by atoms with Crippen molar-refractivity contribution in [1.82, 2.24) is 30.6 Å². The van der Waals surface area contributed by atoms with Crippen LogP contribution in [-0.4, -0.2) is 58.1 Å². The number of halogens is 1. The number of carbonyl (C=O) groups excluding carboxylic acids is 1. The molecule has 2 aromatic heterocycles. The topological polar surface area (TPSA) is 88.0 Å². The van der Waals surface area contributed by atoms with E-state index in [9.17, 15) is 4.79 Å². The second kappa shape index (κ2) is 9.14. The second-order valence-electron chi connectivity index (χ2n) is 6.96. The highest BCUT2D eigenvalue weighted by atomic mass is 35.5. The Balaban J connectivity index is 0.00000210. The minimum absolute atomic E-state index is 0. The lowest BCUT2D eigenvalue weighted by Crippen LogP contribution is -2.40. The van der Waals surface area contributed by atoms with E-state index in [-0.39, 0.29) is 24.4 Å². The summed E-state index contributed by atoms with van der Waals surface area (Å²) in [6.45, 7) is 3.52. The molecule has 8 nitrogen and oxygen atoms in total. The van der Waals surface area contributed by atoms with Crippen molar-refractivity contribution in [3.05, 3.63) is 36.3 Å². The Kier molecular flexibility index (Phi) is 6.63. The molecule has 2 aromatic rings. The van der Waals surface area contributed by atoms with Crippen LogP contribution in [0.2, 0.25) is 0 Å². The molecule has 2 saturated heterocycles. The van der Waals surface area contributed by atoms with Crippen molar-refractivity contribution in [2.45, 2.75) is 37.8 Å². The van der Waals surface area contributed by atoms with Crippen molar-refractivity contribution in [3.8, 4) is 0 Å². The van der Waals surface area contributed by atoms with Crippen LogP contribution < -0.4 is 15.5 Å². The van der Waals surface area contributed by atoms with Gasteiger partial charge >= 0.3 is 0 Å². The molecule has 0 bridgehead atoms. The molecule has 9 heteroatoms. The van der Waals surface area contributed by atoms with Crippen LogP contribution in [0.25, 0.3) is 0 Å². The van der Waals surface area contributed by atoms with Crippen LogP contribution in [0, 0.1) is 0 Å². The van der Waals surface area contributed by atoms with Crippen LogP contribution in [0.4, 0.5) is 5.82 Å². The molecule has 2 fully saturated rings. The molecule has 4 heterocycles. The summed E-state index contributed by atoms with van der Waals surface area (Å²) in [4.78, 5) is 14.7. The molecule has 2 unspecified atom stereocenters. The SMILES string of the molecule is Cl.O=C(NCC1CCCN1c1cccnn1)c1ccn(C2CCCNC2)n1. The van der Waals surface area contributed by atoms with E-state index in [1.54, 1.807) is 12.3 Å². The van der Waals surface area contributed by atoms with Gasteiger partial charge in [-0.05, 0) is 50.4 Å². The first-order valence-corrected chi connectivity index (χ1v) is 9.39. The van der Waals surface area contributed by atoms with Gasteiger partial charge < -0.3 is 15.5 Å². The summed E-state index contributed by atoms with van der Waals surface area (Å²) in [5.74, 6) is 0.761. The fourth-order valence-electron chi connectivity index (χ4n) is 3.82. The highest BCUT2D eigenvalue weighted by Crippen LogP contribution is 2.22. The van der Waals surface area contributed by atoms with Gasteiger partial charge in [0.1, 0.15) is 5.69 Å². The molecule has 27 heavy (non-hydrogen) atoms. The van der Waals surface area contributed by atoms with Gasteiger partial charge in [-0.3, -0.25) is 9.48 Å². The van der Waals surface area contributed by atoms with E-state index in [0.717, 1.165) is 51.1 Å². The lowest BCUT2D eigenvalue weighted by molar-refractivity contribution is 0.0945. The van der Waals surface area contributed by atoms with E-state index >= 15 is 0 Å². The van der Waals surface area contributed by atoms with Crippen LogP contribution >= 0.6 is 12.4 Å². The smallest absolute Gasteiger partial charge is 0.271 e. The first-order chi connectivity index (χ1) is 12.8. The summed E-state index contributed by atoms with van der Waals surface area (Å²) in [5.41, 5.74) is 0.486. The Bertz CT molecular complexity index is 732. The van der Waals surface area contributed by atoms with Gasteiger partial charge in [-0.15, -0.1) is 17.5 Å². The first-order valence-electron chi connectivity index (χ1n) is 9.39. The van der Waals surface area contributed by atoms with Crippen LogP contribution in [0.1, 0.15) is 42.2 Å². The normalized spacial score (nSPS) is 22.3. The number of amides is 1. The van der Waals surface area contributed by atoms with Crippen LogP contribution in [0.3, 0.4) is 0 Å². The average molecular weight is 392 g/mol. The maximum absolute atomic E-state index is 12.5. The Morgan fingerprint density at radius 3 is 3.00 bits per heavy atom. The number of nitrogens with zero attached hydrogens (tertiary/aromatic N) is 5. The van der Waals surface area contributed by atoms with Crippen molar-refractivity contribution >= 4 is 24.1 Å². The Morgan fingerprint density at radius 2 is 2.22 bits per heavy atom. The van der Waals surface area contributed by atoms with Gasteiger partial charge in [0, 0.05) is 38.1 Å². The highest BCUT2D eigenvalue weighted by Gasteiger charge is 2.26. The standard InChI is InChI=1S/C18H25N7O.ClH/c26-18(16-7-11-25(23-16)15-4-1-8-19-12-15)20-13-14-5-3-10-24(14)17-6-2-9-21-22-17;/h2,6-7,9,11,14-15,19H,1,3-5,8,10,12-13H2,(H,20,26);1H. The Labute approximate surface area is 165 Å². The third-order valence-electron chi connectivity index (χ3n) is 5.21. The molecular formula is C18H26ClN7O. The van der Waals surface area contributed by atoms with Gasteiger partial charge in [-0.1, -0.05) is 0 Å². The zero-order chi connectivity index (χ0) is 17.8. The lowest BCUT2D eigenvalue weighted by atomic mass is 10.1. The summed E-state index contributed by atoms with van der Waals surface area (Å²) in [5, 5.41) is 19.0. The van der Waals surface area contributed by atoms with Gasteiger partial charge in [-0.2, -0.15) is 10.2 Å². The third-order valence-corrected chi connectivity index (χ3v) is 5.21. The summed E-state index contributed by atoms with van der Waals surface area (Å²) >= 11 is 0. The van der Waals surface area contributed by atoms with E-state index in [4.69, 9.17) is 0 Å². The number of piperidine rings is 1. The second-order valence-corrected chi connectivity index (χ2v) is 6.96. The lowest BCUT2D eigenvalue weighted by Gasteiger charge is -2.25. The molecule has 0 aromatic carbocycles. The molecular weight excluding hydrogens is 366 g/mol. The van der Waals surface area contributed by atoms with E-state index in [1.807, 2.05) is 23.0 Å². The fraction of sp³-hybridized carbons (Fsp3) is 0.556. The van der Waals surface area contributed by atoms with Crippen molar-refractivity contribution in [1.29, 1.82) is 0 Å². The van der Waals surface area contributed by atoms with Gasteiger partial charge in [0.2, 0.25) is 0 Å². The quantitative estimate of drug-likeness (QED) is 0.801. The van der Waals surface area contributed by atoms with E-state index in [0.29, 0.717) is 18.3 Å². The number of rotatable bonds is 5. The number of anilines is 1. The number of hydrogen-bond donors (Lipinski definition) is 2. The minimum Gasteiger partial charge on any atom is -0.350 e. The number of nitrogens with one attached hydrogen (secondary N) is 2. The Morgan fingerprint density at radius 1 is 1.30 bits per heavy atom. The average Bonchev–Trinajstić information content (AvgIpc) is 3.37. The van der Waals surface area contributed by atoms with E-state index in [1.165, 1.54) is 0 Å². The molecule has 146 valence electrons. The van der Waals surface area contributed by atoms with Crippen molar-refractivity contribution in [2.75, 3.05) is 31.1 Å². The van der Waals surface area contributed by atoms with Crippen LogP contribution in [-0.2, 0) is 0 Å². The molecule has 2 N–H and O–H groups in total. The van der Waals surface area contributed by atoms with Gasteiger partial charge in [0.25, 0.3) is 5.91 Å². The predicted molar refractivity (Wildman–Crippen MR) is 105 cm³/mol. The molecule has 4 rings (SSSR count). The fourth-order valence-corrected chi connectivity index (χ4v) is 3.82. The number of hydrogen-bond acceptors (Lipinski definition) is 6. The van der Waals surface area contributed by atoms with Gasteiger partial charge in [0.15, 0.2) is 5.82 Å². The summed E-state index contributed by atoms with van der Waals surface area (Å²) in [6.07, 6.45) is 7.97.